The van der Waals surface area contributed by atoms with Crippen molar-refractivity contribution in [3.63, 3.8) is 0 Å². The predicted molar refractivity (Wildman–Crippen MR) is 193 cm³/mol. The van der Waals surface area contributed by atoms with Gasteiger partial charge in [0, 0.05) is 37.5 Å². The van der Waals surface area contributed by atoms with Gasteiger partial charge in [0.1, 0.15) is 10.9 Å². The number of carbonyl (C=O) groups excluding carboxylic acids is 3. The Hall–Kier alpha value is -5.27. The van der Waals surface area contributed by atoms with E-state index in [9.17, 15) is 24.5 Å². The molecule has 0 spiro atoms. The Labute approximate surface area is 288 Å². The first-order valence-corrected chi connectivity index (χ1v) is 16.2. The highest BCUT2D eigenvalue weighted by Gasteiger charge is 2.23. The van der Waals surface area contributed by atoms with Crippen LogP contribution in [-0.2, 0) is 9.59 Å². The third-order valence-electron chi connectivity index (χ3n) is 6.74. The number of hydrogen-bond donors (Lipinski definition) is 3. The summed E-state index contributed by atoms with van der Waals surface area (Å²) in [7, 11) is 0. The van der Waals surface area contributed by atoms with Crippen molar-refractivity contribution in [2.45, 2.75) is 10.1 Å². The number of anilines is 2. The molecule has 11 heteroatoms. The molecule has 1 unspecified atom stereocenters. The van der Waals surface area contributed by atoms with Gasteiger partial charge in [0.05, 0.1) is 4.92 Å². The molecule has 0 aliphatic heterocycles. The van der Waals surface area contributed by atoms with Crippen LogP contribution in [0.3, 0.4) is 0 Å². The Morgan fingerprint density at radius 2 is 1.40 bits per heavy atom. The second kappa shape index (κ2) is 15.8. The minimum absolute atomic E-state index is 0.0650. The molecule has 47 heavy (non-hydrogen) atoms. The maximum absolute atomic E-state index is 13.6. The summed E-state index contributed by atoms with van der Waals surface area (Å²) in [6.07, 6.45) is 1.44. The van der Waals surface area contributed by atoms with Gasteiger partial charge in [0.2, 0.25) is 5.91 Å². The number of hydrogen-bond acceptors (Lipinski definition) is 6. The fraction of sp³-hybridized carbons (Fsp3) is 0.0278. The van der Waals surface area contributed by atoms with Crippen LogP contribution < -0.4 is 16.0 Å². The van der Waals surface area contributed by atoms with Crippen LogP contribution >= 0.6 is 34.4 Å². The molecule has 0 aliphatic carbocycles. The first kappa shape index (κ1) is 33.1. The molecule has 0 radical (unpaired) electrons. The normalized spacial score (nSPS) is 11.6. The molecule has 1 atom stereocenters. The first-order valence-electron chi connectivity index (χ1n) is 14.3. The largest absolute Gasteiger partial charge is 0.325 e. The van der Waals surface area contributed by atoms with E-state index in [1.54, 1.807) is 48.5 Å². The van der Waals surface area contributed by atoms with Gasteiger partial charge >= 0.3 is 0 Å². The summed E-state index contributed by atoms with van der Waals surface area (Å²) in [5.74, 6) is -1.30. The van der Waals surface area contributed by atoms with E-state index in [0.717, 1.165) is 14.0 Å². The van der Waals surface area contributed by atoms with Gasteiger partial charge in [-0.25, -0.2) is 0 Å². The van der Waals surface area contributed by atoms with Crippen LogP contribution in [0.4, 0.5) is 17.1 Å². The fourth-order valence-electron chi connectivity index (χ4n) is 4.42. The van der Waals surface area contributed by atoms with Gasteiger partial charge in [-0.3, -0.25) is 24.5 Å². The molecule has 3 N–H and O–H groups in total. The molecule has 0 saturated carbocycles. The van der Waals surface area contributed by atoms with Crippen LogP contribution in [-0.4, -0.2) is 22.6 Å². The summed E-state index contributed by atoms with van der Waals surface area (Å²) in [6.45, 7) is 0. The van der Waals surface area contributed by atoms with Crippen LogP contribution in [0.5, 0.6) is 0 Å². The van der Waals surface area contributed by atoms with Gasteiger partial charge in [-0.05, 0) is 107 Å². The van der Waals surface area contributed by atoms with E-state index >= 15 is 0 Å². The predicted octanol–water partition coefficient (Wildman–Crippen LogP) is 8.08. The van der Waals surface area contributed by atoms with Crippen molar-refractivity contribution in [2.24, 2.45) is 0 Å². The van der Waals surface area contributed by atoms with Crippen LogP contribution in [0.1, 0.15) is 26.7 Å². The molecule has 0 aromatic heterocycles. The van der Waals surface area contributed by atoms with Crippen molar-refractivity contribution in [1.29, 1.82) is 0 Å². The van der Waals surface area contributed by atoms with E-state index in [2.05, 4.69) is 38.5 Å². The van der Waals surface area contributed by atoms with Crippen molar-refractivity contribution < 1.29 is 19.3 Å². The topological polar surface area (TPSA) is 130 Å². The number of benzene rings is 5. The van der Waals surface area contributed by atoms with Gasteiger partial charge in [-0.15, -0.1) is 11.8 Å². The highest BCUT2D eigenvalue weighted by atomic mass is 127. The van der Waals surface area contributed by atoms with Crippen molar-refractivity contribution in [2.75, 3.05) is 10.6 Å². The first-order chi connectivity index (χ1) is 22.7. The number of halogens is 1. The lowest BCUT2D eigenvalue weighted by Gasteiger charge is -2.18. The number of non-ortho nitro benzene ring substituents is 1. The van der Waals surface area contributed by atoms with Crippen LogP contribution in [0.25, 0.3) is 6.08 Å². The molecule has 0 fully saturated rings. The number of nitro groups is 1. The van der Waals surface area contributed by atoms with Crippen molar-refractivity contribution >= 4 is 75.2 Å². The van der Waals surface area contributed by atoms with Gasteiger partial charge in [0.25, 0.3) is 17.5 Å². The van der Waals surface area contributed by atoms with Crippen LogP contribution in [0.2, 0.25) is 0 Å². The maximum Gasteiger partial charge on any atom is 0.272 e. The maximum atomic E-state index is 13.6. The minimum Gasteiger partial charge on any atom is -0.325 e. The zero-order valence-electron chi connectivity index (χ0n) is 24.6. The Bertz CT molecular complexity index is 1920. The van der Waals surface area contributed by atoms with E-state index in [1.807, 2.05) is 60.7 Å². The minimum atomic E-state index is -0.606. The summed E-state index contributed by atoms with van der Waals surface area (Å²) < 4.78 is 1.05. The summed E-state index contributed by atoms with van der Waals surface area (Å²) in [6, 6.07) is 38.1. The molecule has 3 amide bonds. The molecule has 0 aliphatic rings. The molecule has 234 valence electrons. The van der Waals surface area contributed by atoms with E-state index < -0.39 is 22.0 Å². The van der Waals surface area contributed by atoms with Gasteiger partial charge < -0.3 is 16.0 Å². The van der Waals surface area contributed by atoms with Gasteiger partial charge in [-0.2, -0.15) is 0 Å². The summed E-state index contributed by atoms with van der Waals surface area (Å²) in [4.78, 5) is 51.4. The molecule has 5 rings (SSSR count). The number of rotatable bonds is 11. The average Bonchev–Trinajstić information content (AvgIpc) is 3.09. The molecule has 0 heterocycles. The Morgan fingerprint density at radius 1 is 0.745 bits per heavy atom. The summed E-state index contributed by atoms with van der Waals surface area (Å²) in [5, 5.41) is 19.0. The molecule has 5 aromatic carbocycles. The number of nitrogens with one attached hydrogen (secondary N) is 3. The average molecular weight is 755 g/mol. The Morgan fingerprint density at radius 3 is 2.06 bits per heavy atom. The zero-order chi connectivity index (χ0) is 33.2. The summed E-state index contributed by atoms with van der Waals surface area (Å²) >= 11 is 3.54. The second-order valence-electron chi connectivity index (χ2n) is 10.1. The standard InChI is InChI=1S/C36H27IN4O5S/c37-27-16-18-28(19-17-27)38-36(44)33(25-8-3-1-4-9-25)47-31-13-7-12-29(23-31)39-35(43)32(40-34(42)26-10-5-2-6-11-26)22-24-14-20-30(21-15-24)41(45)46/h1-23,33H,(H,38,44)(H,39,43)(H,40,42)/b32-22+. The highest BCUT2D eigenvalue weighted by Crippen LogP contribution is 2.37. The number of nitrogens with zero attached hydrogens (tertiary/aromatic N) is 1. The zero-order valence-corrected chi connectivity index (χ0v) is 27.6. The lowest BCUT2D eigenvalue weighted by molar-refractivity contribution is -0.384. The van der Waals surface area contributed by atoms with Gasteiger partial charge in [0.15, 0.2) is 0 Å². The van der Waals surface area contributed by atoms with E-state index in [-0.39, 0.29) is 17.3 Å². The SMILES string of the molecule is O=C(Nc1cccc(SC(C(=O)Nc2ccc(I)cc2)c2ccccc2)c1)/C(=C\c1ccc([N+](=O)[O-])cc1)NC(=O)c1ccccc1. The van der Waals surface area contributed by atoms with Crippen molar-refractivity contribution in [3.05, 3.63) is 170 Å². The van der Waals surface area contributed by atoms with E-state index in [0.29, 0.717) is 22.5 Å². The number of nitro benzene ring substituents is 1. The third kappa shape index (κ3) is 9.37. The summed E-state index contributed by atoms with van der Waals surface area (Å²) in [5.41, 5.74) is 2.59. The highest BCUT2D eigenvalue weighted by molar-refractivity contribution is 14.1. The molecule has 0 saturated heterocycles. The number of amides is 3. The Balaban J connectivity index is 1.38. The molecular formula is C36H27IN4O5S. The molecule has 0 bridgehead atoms. The Kier molecular flexibility index (Phi) is 11.1. The number of thioether (sulfide) groups is 1. The smallest absolute Gasteiger partial charge is 0.272 e. The van der Waals surface area contributed by atoms with Crippen molar-refractivity contribution in [3.8, 4) is 0 Å². The number of carbonyl (C=O) groups is 3. The fourth-order valence-corrected chi connectivity index (χ4v) is 5.87. The van der Waals surface area contributed by atoms with E-state index in [4.69, 9.17) is 0 Å². The molecule has 9 nitrogen and oxygen atoms in total. The lowest BCUT2D eigenvalue weighted by Crippen LogP contribution is -2.30. The van der Waals surface area contributed by atoms with Crippen LogP contribution in [0, 0.1) is 13.7 Å². The third-order valence-corrected chi connectivity index (χ3v) is 8.71. The lowest BCUT2D eigenvalue weighted by atomic mass is 10.1. The monoisotopic (exact) mass is 754 g/mol. The van der Waals surface area contributed by atoms with Crippen molar-refractivity contribution in [1.82, 2.24) is 5.32 Å². The second-order valence-corrected chi connectivity index (χ2v) is 12.5. The quantitative estimate of drug-likeness (QED) is 0.0411. The van der Waals surface area contributed by atoms with E-state index in [1.165, 1.54) is 42.1 Å². The molecular weight excluding hydrogens is 727 g/mol. The molecule has 5 aromatic rings. The van der Waals surface area contributed by atoms with Gasteiger partial charge in [-0.1, -0.05) is 54.6 Å². The van der Waals surface area contributed by atoms with Crippen LogP contribution in [0.15, 0.2) is 144 Å².